The highest BCUT2D eigenvalue weighted by atomic mass is 16.6. The Labute approximate surface area is 304 Å². The molecule has 6 nitrogen and oxygen atoms in total. The first-order valence-corrected chi connectivity index (χ1v) is 21.3. The fourth-order valence-electron chi connectivity index (χ4n) is 6.19. The van der Waals surface area contributed by atoms with Crippen LogP contribution in [0.1, 0.15) is 227 Å². The maximum atomic E-state index is 12.5. The van der Waals surface area contributed by atoms with Gasteiger partial charge in [0.2, 0.25) is 0 Å². The first-order chi connectivity index (χ1) is 23.8. The predicted molar refractivity (Wildman–Crippen MR) is 206 cm³/mol. The summed E-state index contributed by atoms with van der Waals surface area (Å²) in [6, 6.07) is 0. The Morgan fingerprint density at radius 2 is 0.776 bits per heavy atom. The van der Waals surface area contributed by atoms with Gasteiger partial charge in [-0.2, -0.15) is 0 Å². The van der Waals surface area contributed by atoms with Crippen LogP contribution in [-0.2, 0) is 28.6 Å². The molecule has 2 atom stereocenters. The average Bonchev–Trinajstić information content (AvgIpc) is 3.08. The number of carbonyl (C=O) groups is 3. The van der Waals surface area contributed by atoms with E-state index >= 15 is 0 Å². The topological polar surface area (TPSA) is 78.9 Å². The van der Waals surface area contributed by atoms with E-state index in [1.165, 1.54) is 109 Å². The lowest BCUT2D eigenvalue weighted by Crippen LogP contribution is -2.30. The lowest BCUT2D eigenvalue weighted by Gasteiger charge is -2.18. The number of ether oxygens (including phenoxy) is 3. The van der Waals surface area contributed by atoms with Crippen LogP contribution in [0.2, 0.25) is 0 Å². The van der Waals surface area contributed by atoms with Crippen molar-refractivity contribution in [2.75, 3.05) is 13.2 Å². The van der Waals surface area contributed by atoms with Gasteiger partial charge in [-0.1, -0.05) is 189 Å². The second kappa shape index (κ2) is 36.2. The number of hydrogen-bond donors (Lipinski definition) is 0. The minimum absolute atomic E-state index is 0.0669. The van der Waals surface area contributed by atoms with Crippen LogP contribution >= 0.6 is 0 Å². The number of rotatable bonds is 37. The molecule has 0 N–H and O–H groups in total. The second-order valence-electron chi connectivity index (χ2n) is 15.3. The van der Waals surface area contributed by atoms with Crippen LogP contribution in [0.25, 0.3) is 0 Å². The molecule has 0 spiro atoms. The van der Waals surface area contributed by atoms with Crippen LogP contribution in [0.15, 0.2) is 0 Å². The van der Waals surface area contributed by atoms with Crippen molar-refractivity contribution >= 4 is 17.9 Å². The van der Waals surface area contributed by atoms with E-state index in [4.69, 9.17) is 14.2 Å². The monoisotopic (exact) mass is 695 g/mol. The molecule has 0 heterocycles. The maximum absolute atomic E-state index is 12.5. The molecule has 0 aromatic carbocycles. The standard InChI is InChI=1S/C43H82O6/c1-6-8-9-21-30-35-43(46)49-40(37-48-42(45)34-29-25-20-16-12-13-17-22-26-31-38(3)4)36-47-41(44)33-28-24-19-15-11-10-14-18-23-27-32-39(5)7-2/h38-40H,6-37H2,1-5H3/t39?,40-/m0/s1. The Hall–Kier alpha value is -1.59. The first-order valence-electron chi connectivity index (χ1n) is 21.3. The van der Waals surface area contributed by atoms with Crippen LogP contribution in [0.3, 0.4) is 0 Å². The van der Waals surface area contributed by atoms with Crippen LogP contribution in [0.5, 0.6) is 0 Å². The third-order valence-corrected chi connectivity index (χ3v) is 9.83. The molecule has 0 saturated heterocycles. The number of hydrogen-bond acceptors (Lipinski definition) is 6. The van der Waals surface area contributed by atoms with Gasteiger partial charge in [0.05, 0.1) is 0 Å². The summed E-state index contributed by atoms with van der Waals surface area (Å²) in [5.41, 5.74) is 0. The van der Waals surface area contributed by atoms with E-state index in [1.807, 2.05) is 0 Å². The van der Waals surface area contributed by atoms with E-state index in [0.717, 1.165) is 76.0 Å². The van der Waals surface area contributed by atoms with Gasteiger partial charge < -0.3 is 14.2 Å². The van der Waals surface area contributed by atoms with Crippen molar-refractivity contribution < 1.29 is 28.6 Å². The van der Waals surface area contributed by atoms with Gasteiger partial charge in [0.1, 0.15) is 13.2 Å². The summed E-state index contributed by atoms with van der Waals surface area (Å²) >= 11 is 0. The lowest BCUT2D eigenvalue weighted by atomic mass is 9.99. The van der Waals surface area contributed by atoms with Crippen LogP contribution in [0.4, 0.5) is 0 Å². The SMILES string of the molecule is CCCCCCCC(=O)O[C@@H](COC(=O)CCCCCCCCCCCCC(C)CC)COC(=O)CCCCCCCCCCCC(C)C. The maximum Gasteiger partial charge on any atom is 0.306 e. The Balaban J connectivity index is 4.19. The van der Waals surface area contributed by atoms with Crippen LogP contribution in [-0.4, -0.2) is 37.2 Å². The Bertz CT molecular complexity index is 751. The van der Waals surface area contributed by atoms with Crippen molar-refractivity contribution in [3.63, 3.8) is 0 Å². The van der Waals surface area contributed by atoms with Gasteiger partial charge in [-0.25, -0.2) is 0 Å². The molecule has 0 rings (SSSR count). The molecule has 0 bridgehead atoms. The normalized spacial score (nSPS) is 12.6. The number of carbonyl (C=O) groups excluding carboxylic acids is 3. The first kappa shape index (κ1) is 47.4. The molecule has 6 heteroatoms. The van der Waals surface area contributed by atoms with Gasteiger partial charge in [-0.05, 0) is 31.1 Å². The summed E-state index contributed by atoms with van der Waals surface area (Å²) in [6.45, 7) is 11.2. The quantitative estimate of drug-likeness (QED) is 0.0366. The molecule has 0 aliphatic heterocycles. The third kappa shape index (κ3) is 36.0. The molecule has 0 aromatic heterocycles. The van der Waals surface area contributed by atoms with Crippen LogP contribution < -0.4 is 0 Å². The molecule has 0 fully saturated rings. The Kier molecular flexibility index (Phi) is 35.0. The van der Waals surface area contributed by atoms with Gasteiger partial charge in [-0.15, -0.1) is 0 Å². The summed E-state index contributed by atoms with van der Waals surface area (Å²) < 4.78 is 16.6. The van der Waals surface area contributed by atoms with Gasteiger partial charge in [0.15, 0.2) is 6.10 Å². The minimum Gasteiger partial charge on any atom is -0.462 e. The zero-order valence-corrected chi connectivity index (χ0v) is 33.3. The Morgan fingerprint density at radius 1 is 0.429 bits per heavy atom. The highest BCUT2D eigenvalue weighted by Crippen LogP contribution is 2.17. The number of unbranched alkanes of at least 4 members (excludes halogenated alkanes) is 21. The average molecular weight is 695 g/mol. The molecule has 49 heavy (non-hydrogen) atoms. The van der Waals surface area contributed by atoms with Crippen molar-refractivity contribution in [2.24, 2.45) is 11.8 Å². The van der Waals surface area contributed by atoms with E-state index in [9.17, 15) is 14.4 Å². The van der Waals surface area contributed by atoms with Gasteiger partial charge in [0, 0.05) is 19.3 Å². The zero-order chi connectivity index (χ0) is 36.2. The van der Waals surface area contributed by atoms with E-state index in [-0.39, 0.29) is 31.1 Å². The largest absolute Gasteiger partial charge is 0.462 e. The second-order valence-corrected chi connectivity index (χ2v) is 15.3. The minimum atomic E-state index is -0.758. The molecular weight excluding hydrogens is 612 g/mol. The van der Waals surface area contributed by atoms with Crippen molar-refractivity contribution in [3.8, 4) is 0 Å². The van der Waals surface area contributed by atoms with Crippen molar-refractivity contribution in [1.82, 2.24) is 0 Å². The molecule has 0 aromatic rings. The summed E-state index contributed by atoms with van der Waals surface area (Å²) in [5.74, 6) is 0.802. The predicted octanol–water partition coefficient (Wildman–Crippen LogP) is 13.0. The molecular formula is C43H82O6. The van der Waals surface area contributed by atoms with E-state index in [2.05, 4.69) is 34.6 Å². The van der Waals surface area contributed by atoms with Gasteiger partial charge in [-0.3, -0.25) is 14.4 Å². The van der Waals surface area contributed by atoms with Crippen molar-refractivity contribution in [2.45, 2.75) is 233 Å². The van der Waals surface area contributed by atoms with Gasteiger partial charge >= 0.3 is 17.9 Å². The summed E-state index contributed by atoms with van der Waals surface area (Å²) in [6.07, 6.45) is 32.6. The summed E-state index contributed by atoms with van der Waals surface area (Å²) in [4.78, 5) is 37.3. The molecule has 290 valence electrons. The summed E-state index contributed by atoms with van der Waals surface area (Å²) in [5, 5.41) is 0. The van der Waals surface area contributed by atoms with Crippen LogP contribution in [0, 0.1) is 11.8 Å². The van der Waals surface area contributed by atoms with E-state index < -0.39 is 6.10 Å². The third-order valence-electron chi connectivity index (χ3n) is 9.83. The molecule has 0 aliphatic rings. The van der Waals surface area contributed by atoms with Gasteiger partial charge in [0.25, 0.3) is 0 Å². The molecule has 0 aliphatic carbocycles. The summed E-state index contributed by atoms with van der Waals surface area (Å²) in [7, 11) is 0. The van der Waals surface area contributed by atoms with E-state index in [0.29, 0.717) is 19.3 Å². The van der Waals surface area contributed by atoms with E-state index in [1.54, 1.807) is 0 Å². The molecule has 1 unspecified atom stereocenters. The molecule has 0 amide bonds. The zero-order valence-electron chi connectivity index (χ0n) is 33.3. The smallest absolute Gasteiger partial charge is 0.306 e. The number of esters is 3. The fourth-order valence-corrected chi connectivity index (χ4v) is 6.19. The van der Waals surface area contributed by atoms with Crippen molar-refractivity contribution in [3.05, 3.63) is 0 Å². The Morgan fingerprint density at radius 3 is 1.16 bits per heavy atom. The highest BCUT2D eigenvalue weighted by Gasteiger charge is 2.19. The van der Waals surface area contributed by atoms with Crippen molar-refractivity contribution in [1.29, 1.82) is 0 Å². The fraction of sp³-hybridized carbons (Fsp3) is 0.930. The highest BCUT2D eigenvalue weighted by molar-refractivity contribution is 5.71. The molecule has 0 saturated carbocycles. The lowest BCUT2D eigenvalue weighted by molar-refractivity contribution is -0.167. The molecule has 0 radical (unpaired) electrons.